The maximum absolute atomic E-state index is 13.1. The van der Waals surface area contributed by atoms with Crippen molar-refractivity contribution in [1.29, 1.82) is 0 Å². The number of carbonyl (C=O) groups excluding carboxylic acids is 1. The summed E-state index contributed by atoms with van der Waals surface area (Å²) in [6, 6.07) is 25.5. The number of rotatable bonds is 7. The van der Waals surface area contributed by atoms with E-state index in [1.165, 1.54) is 11.1 Å². The van der Waals surface area contributed by atoms with Gasteiger partial charge in [-0.1, -0.05) is 72.3 Å². The number of amides is 1. The van der Waals surface area contributed by atoms with Crippen molar-refractivity contribution in [2.45, 2.75) is 18.9 Å². The lowest BCUT2D eigenvalue weighted by Gasteiger charge is -2.20. The lowest BCUT2D eigenvalue weighted by Crippen LogP contribution is -2.38. The van der Waals surface area contributed by atoms with E-state index in [2.05, 4.69) is 39.8 Å². The van der Waals surface area contributed by atoms with Crippen molar-refractivity contribution in [2.75, 3.05) is 0 Å². The maximum atomic E-state index is 13.1. The van der Waals surface area contributed by atoms with Gasteiger partial charge in [-0.15, -0.1) is 10.2 Å². The molecule has 0 spiro atoms. The van der Waals surface area contributed by atoms with Gasteiger partial charge >= 0.3 is 0 Å². The molecule has 0 radical (unpaired) electrons. The summed E-state index contributed by atoms with van der Waals surface area (Å²) in [5, 5.41) is 11.2. The molecule has 1 aromatic heterocycles. The van der Waals surface area contributed by atoms with Crippen LogP contribution in [0.25, 0.3) is 5.69 Å². The Kier molecular flexibility index (Phi) is 6.20. The first-order valence-electron chi connectivity index (χ1n) is 9.72. The minimum absolute atomic E-state index is 0.0723. The molecular formula is C24H21ClN4O. The summed E-state index contributed by atoms with van der Waals surface area (Å²) < 4.78 is 1.73. The topological polar surface area (TPSA) is 59.8 Å². The van der Waals surface area contributed by atoms with Gasteiger partial charge in [0.15, 0.2) is 0 Å². The smallest absolute Gasteiger partial charge is 0.253 e. The van der Waals surface area contributed by atoms with E-state index >= 15 is 0 Å². The zero-order valence-corrected chi connectivity index (χ0v) is 17.0. The maximum Gasteiger partial charge on any atom is 0.253 e. The zero-order chi connectivity index (χ0) is 20.8. The molecular weight excluding hydrogens is 396 g/mol. The molecule has 30 heavy (non-hydrogen) atoms. The quantitative estimate of drug-likeness (QED) is 0.482. The number of nitrogens with zero attached hydrogens (tertiary/aromatic N) is 3. The predicted octanol–water partition coefficient (Wildman–Crippen LogP) is 4.50. The first-order chi connectivity index (χ1) is 14.7. The molecule has 0 aliphatic rings. The van der Waals surface area contributed by atoms with E-state index < -0.39 is 0 Å². The van der Waals surface area contributed by atoms with Crippen molar-refractivity contribution in [3.8, 4) is 5.69 Å². The van der Waals surface area contributed by atoms with Crippen LogP contribution in [0.2, 0.25) is 5.02 Å². The molecule has 0 aliphatic carbocycles. The van der Waals surface area contributed by atoms with Gasteiger partial charge in [-0.05, 0) is 42.2 Å². The highest BCUT2D eigenvalue weighted by molar-refractivity contribution is 6.33. The molecule has 0 saturated carbocycles. The van der Waals surface area contributed by atoms with Crippen LogP contribution in [0.5, 0.6) is 0 Å². The SMILES string of the molecule is O=C(NC(Cc1ccccc1)Cc1ccccc1)c1cc(-n2cnnc2)ccc1Cl. The van der Waals surface area contributed by atoms with E-state index in [1.54, 1.807) is 29.4 Å². The molecule has 6 heteroatoms. The fraction of sp³-hybridized carbons (Fsp3) is 0.125. The van der Waals surface area contributed by atoms with Crippen molar-refractivity contribution in [1.82, 2.24) is 20.1 Å². The molecule has 0 atom stereocenters. The summed E-state index contributed by atoms with van der Waals surface area (Å²) in [4.78, 5) is 13.1. The van der Waals surface area contributed by atoms with Crippen molar-refractivity contribution >= 4 is 17.5 Å². The molecule has 4 rings (SSSR count). The van der Waals surface area contributed by atoms with Crippen LogP contribution in [0.15, 0.2) is 91.5 Å². The second-order valence-corrected chi connectivity index (χ2v) is 7.49. The minimum Gasteiger partial charge on any atom is -0.349 e. The molecule has 3 aromatic carbocycles. The summed E-state index contributed by atoms with van der Waals surface area (Å²) in [5.74, 6) is -0.202. The van der Waals surface area contributed by atoms with E-state index in [0.717, 1.165) is 18.5 Å². The van der Waals surface area contributed by atoms with Gasteiger partial charge in [-0.25, -0.2) is 0 Å². The molecule has 0 saturated heterocycles. The fourth-order valence-corrected chi connectivity index (χ4v) is 3.62. The average Bonchev–Trinajstić information content (AvgIpc) is 3.30. The highest BCUT2D eigenvalue weighted by Gasteiger charge is 2.18. The summed E-state index contributed by atoms with van der Waals surface area (Å²) in [5.41, 5.74) is 3.54. The molecule has 1 N–H and O–H groups in total. The first kappa shape index (κ1) is 19.9. The number of aromatic nitrogens is 3. The highest BCUT2D eigenvalue weighted by Crippen LogP contribution is 2.20. The number of carbonyl (C=O) groups is 1. The van der Waals surface area contributed by atoms with Gasteiger partial charge in [0.1, 0.15) is 12.7 Å². The molecule has 1 heterocycles. The van der Waals surface area contributed by atoms with Crippen LogP contribution in [0.4, 0.5) is 0 Å². The van der Waals surface area contributed by atoms with Crippen LogP contribution < -0.4 is 5.32 Å². The fourth-order valence-electron chi connectivity index (χ4n) is 3.42. The van der Waals surface area contributed by atoms with Gasteiger partial charge in [0, 0.05) is 11.7 Å². The van der Waals surface area contributed by atoms with E-state index in [1.807, 2.05) is 42.5 Å². The third kappa shape index (κ3) is 4.93. The molecule has 0 fully saturated rings. The van der Waals surface area contributed by atoms with Gasteiger partial charge in [0.05, 0.1) is 10.6 Å². The number of hydrogen-bond donors (Lipinski definition) is 1. The van der Waals surface area contributed by atoms with Gasteiger partial charge in [0.25, 0.3) is 5.91 Å². The van der Waals surface area contributed by atoms with Crippen molar-refractivity contribution in [3.05, 3.63) is 113 Å². The van der Waals surface area contributed by atoms with E-state index in [0.29, 0.717) is 10.6 Å². The highest BCUT2D eigenvalue weighted by atomic mass is 35.5. The van der Waals surface area contributed by atoms with Crippen LogP contribution in [0.1, 0.15) is 21.5 Å². The summed E-state index contributed by atoms with van der Waals surface area (Å²) in [6.07, 6.45) is 4.62. The number of nitrogens with one attached hydrogen (secondary N) is 1. The van der Waals surface area contributed by atoms with Crippen molar-refractivity contribution in [2.24, 2.45) is 0 Å². The van der Waals surface area contributed by atoms with E-state index in [9.17, 15) is 4.79 Å². The Morgan fingerprint density at radius 3 is 2.00 bits per heavy atom. The molecule has 0 unspecified atom stereocenters. The van der Waals surface area contributed by atoms with Crippen LogP contribution in [-0.2, 0) is 12.8 Å². The third-order valence-corrected chi connectivity index (χ3v) is 5.23. The number of benzene rings is 3. The standard InChI is InChI=1S/C24H21ClN4O/c25-23-12-11-21(29-16-26-27-17-29)15-22(23)24(30)28-20(13-18-7-3-1-4-8-18)14-19-9-5-2-6-10-19/h1-12,15-17,20H,13-14H2,(H,28,30). The van der Waals surface area contributed by atoms with Crippen molar-refractivity contribution in [3.63, 3.8) is 0 Å². The second-order valence-electron chi connectivity index (χ2n) is 7.08. The molecule has 5 nitrogen and oxygen atoms in total. The Morgan fingerprint density at radius 1 is 0.867 bits per heavy atom. The van der Waals surface area contributed by atoms with E-state index in [-0.39, 0.29) is 11.9 Å². The van der Waals surface area contributed by atoms with Crippen LogP contribution in [0, 0.1) is 0 Å². The first-order valence-corrected chi connectivity index (χ1v) is 10.1. The lowest BCUT2D eigenvalue weighted by molar-refractivity contribution is 0.0937. The Bertz CT molecular complexity index is 1060. The summed E-state index contributed by atoms with van der Waals surface area (Å²) in [6.45, 7) is 0. The normalized spacial score (nSPS) is 10.9. The van der Waals surface area contributed by atoms with Gasteiger partial charge in [0.2, 0.25) is 0 Å². The molecule has 1 amide bonds. The van der Waals surface area contributed by atoms with Gasteiger partial charge < -0.3 is 5.32 Å². The zero-order valence-electron chi connectivity index (χ0n) is 16.3. The van der Waals surface area contributed by atoms with E-state index in [4.69, 9.17) is 11.6 Å². The van der Waals surface area contributed by atoms with Crippen molar-refractivity contribution < 1.29 is 4.79 Å². The molecule has 0 bridgehead atoms. The number of hydrogen-bond acceptors (Lipinski definition) is 3. The van der Waals surface area contributed by atoms with Gasteiger partial charge in [-0.3, -0.25) is 9.36 Å². The summed E-state index contributed by atoms with van der Waals surface area (Å²) in [7, 11) is 0. The largest absolute Gasteiger partial charge is 0.349 e. The van der Waals surface area contributed by atoms with Crippen LogP contribution in [-0.4, -0.2) is 26.7 Å². The minimum atomic E-state index is -0.202. The summed E-state index contributed by atoms with van der Waals surface area (Å²) >= 11 is 6.35. The molecule has 0 aliphatic heterocycles. The average molecular weight is 417 g/mol. The Hall–Kier alpha value is -3.44. The second kappa shape index (κ2) is 9.37. The van der Waals surface area contributed by atoms with Gasteiger partial charge in [-0.2, -0.15) is 0 Å². The predicted molar refractivity (Wildman–Crippen MR) is 118 cm³/mol. The molecule has 150 valence electrons. The molecule has 4 aromatic rings. The number of halogens is 1. The lowest BCUT2D eigenvalue weighted by atomic mass is 9.98. The Labute approximate surface area is 180 Å². The Balaban J connectivity index is 1.57. The Morgan fingerprint density at radius 2 is 1.43 bits per heavy atom. The monoisotopic (exact) mass is 416 g/mol. The van der Waals surface area contributed by atoms with Crippen LogP contribution >= 0.6 is 11.6 Å². The van der Waals surface area contributed by atoms with Crippen LogP contribution in [0.3, 0.4) is 0 Å². The third-order valence-electron chi connectivity index (χ3n) is 4.90.